The number of anilines is 1. The van der Waals surface area contributed by atoms with Gasteiger partial charge >= 0.3 is 18.1 Å². The molecule has 45 heavy (non-hydrogen) atoms. The second-order valence-electron chi connectivity index (χ2n) is 12.5. The van der Waals surface area contributed by atoms with Crippen LogP contribution in [0.15, 0.2) is 24.3 Å². The Balaban J connectivity index is 1.96. The number of piperazine rings is 1. The van der Waals surface area contributed by atoms with E-state index in [4.69, 9.17) is 20.2 Å². The molecule has 1 saturated heterocycles. The number of urea groups is 1. The number of nitrogens with one attached hydrogen (secondary N) is 2. The van der Waals surface area contributed by atoms with Crippen LogP contribution < -0.4 is 16.4 Å². The predicted molar refractivity (Wildman–Crippen MR) is 172 cm³/mol. The molecule has 0 radical (unpaired) electrons. The Morgan fingerprint density at radius 3 is 2.38 bits per heavy atom. The summed E-state index contributed by atoms with van der Waals surface area (Å²) in [5, 5.41) is 5.91. The quantitative estimate of drug-likeness (QED) is 0.311. The van der Waals surface area contributed by atoms with E-state index in [1.54, 1.807) is 32.6 Å². The van der Waals surface area contributed by atoms with Crippen molar-refractivity contribution in [3.63, 3.8) is 0 Å². The lowest BCUT2D eigenvalue weighted by molar-refractivity contribution is -0.144. The van der Waals surface area contributed by atoms with E-state index in [0.29, 0.717) is 37.4 Å². The summed E-state index contributed by atoms with van der Waals surface area (Å²) in [5.74, 6) is -0.336. The monoisotopic (exact) mass is 624 g/mol. The number of ether oxygens (including phenoxy) is 2. The molecule has 1 aliphatic rings. The maximum absolute atomic E-state index is 13.6. The number of nitrogens with two attached hydrogens (primary N) is 1. The van der Waals surface area contributed by atoms with Crippen LogP contribution in [0.1, 0.15) is 70.5 Å². The standard InChI is InChI=1S/C33H48N6O6/c1-8-44-28(41)13-14-38-15-16-39(20-27(38)40)31(42)37-30-22(4)36-26(17-21(2)3)25(19-35-32(43)45-33(5,6)7)29(30)24-11-9-23(18-34)10-12-24/h9-12,21H,8,13-20,34H2,1-7H3,(H,35,43)(H,37,42). The summed E-state index contributed by atoms with van der Waals surface area (Å²) in [4.78, 5) is 58.9. The molecule has 12 nitrogen and oxygen atoms in total. The van der Waals surface area contributed by atoms with Gasteiger partial charge in [-0.05, 0) is 58.1 Å². The fourth-order valence-electron chi connectivity index (χ4n) is 5.07. The summed E-state index contributed by atoms with van der Waals surface area (Å²) < 4.78 is 10.5. The van der Waals surface area contributed by atoms with Crippen molar-refractivity contribution in [3.05, 3.63) is 46.8 Å². The van der Waals surface area contributed by atoms with Crippen LogP contribution in [0.2, 0.25) is 0 Å². The molecule has 0 atom stereocenters. The fraction of sp³-hybridized carbons (Fsp3) is 0.545. The summed E-state index contributed by atoms with van der Waals surface area (Å²) in [6.07, 6.45) is 0.190. The Kier molecular flexibility index (Phi) is 12.3. The van der Waals surface area contributed by atoms with Crippen LogP contribution in [0, 0.1) is 12.8 Å². The molecule has 12 heteroatoms. The van der Waals surface area contributed by atoms with E-state index in [-0.39, 0.29) is 50.5 Å². The van der Waals surface area contributed by atoms with Crippen LogP contribution in [0.4, 0.5) is 15.3 Å². The third-order valence-corrected chi connectivity index (χ3v) is 7.18. The number of amides is 4. The molecule has 1 aromatic heterocycles. The van der Waals surface area contributed by atoms with Crippen molar-refractivity contribution in [2.24, 2.45) is 11.7 Å². The first kappa shape index (κ1) is 35.3. The second kappa shape index (κ2) is 15.7. The van der Waals surface area contributed by atoms with Crippen molar-refractivity contribution in [2.75, 3.05) is 38.1 Å². The second-order valence-corrected chi connectivity index (χ2v) is 12.5. The fourth-order valence-corrected chi connectivity index (χ4v) is 5.07. The number of esters is 1. The minimum absolute atomic E-state index is 0.103. The third kappa shape index (κ3) is 10.2. The van der Waals surface area contributed by atoms with E-state index in [9.17, 15) is 19.2 Å². The van der Waals surface area contributed by atoms with Gasteiger partial charge in [0.2, 0.25) is 5.91 Å². The molecule has 1 aromatic carbocycles. The first-order valence-corrected chi connectivity index (χ1v) is 15.5. The molecule has 4 amide bonds. The van der Waals surface area contributed by atoms with Gasteiger partial charge in [0, 0.05) is 49.5 Å². The molecule has 0 saturated carbocycles. The molecule has 0 spiro atoms. The molecule has 2 aromatic rings. The lowest BCUT2D eigenvalue weighted by Crippen LogP contribution is -2.53. The molecule has 0 unspecified atom stereocenters. The Hall–Kier alpha value is -4.19. The molecule has 2 heterocycles. The lowest BCUT2D eigenvalue weighted by atomic mass is 9.92. The molecule has 4 N–H and O–H groups in total. The van der Waals surface area contributed by atoms with Crippen LogP contribution in [0.3, 0.4) is 0 Å². The number of benzene rings is 1. The summed E-state index contributed by atoms with van der Waals surface area (Å²) in [6.45, 7) is 14.7. The Morgan fingerprint density at radius 1 is 1.11 bits per heavy atom. The van der Waals surface area contributed by atoms with Crippen LogP contribution in [-0.4, -0.2) is 77.2 Å². The molecular formula is C33H48N6O6. The number of hydrogen-bond donors (Lipinski definition) is 3. The van der Waals surface area contributed by atoms with Gasteiger partial charge in [-0.25, -0.2) is 9.59 Å². The average Bonchev–Trinajstić information content (AvgIpc) is 2.96. The molecule has 1 aliphatic heterocycles. The highest BCUT2D eigenvalue weighted by molar-refractivity contribution is 5.98. The van der Waals surface area contributed by atoms with Gasteiger partial charge in [-0.1, -0.05) is 38.1 Å². The van der Waals surface area contributed by atoms with Crippen molar-refractivity contribution in [1.29, 1.82) is 0 Å². The van der Waals surface area contributed by atoms with Crippen LogP contribution in [0.25, 0.3) is 11.1 Å². The molecule has 0 bridgehead atoms. The van der Waals surface area contributed by atoms with Crippen LogP contribution in [0.5, 0.6) is 0 Å². The molecule has 3 rings (SSSR count). The molecular weight excluding hydrogens is 576 g/mol. The number of pyridine rings is 1. The van der Waals surface area contributed by atoms with E-state index in [0.717, 1.165) is 27.9 Å². The van der Waals surface area contributed by atoms with Gasteiger partial charge in [0.1, 0.15) is 12.1 Å². The SMILES string of the molecule is CCOC(=O)CCN1CCN(C(=O)Nc2c(C)nc(CC(C)C)c(CNC(=O)OC(C)(C)C)c2-c2ccc(CN)cc2)CC1=O. The molecule has 1 fully saturated rings. The van der Waals surface area contributed by atoms with E-state index < -0.39 is 17.7 Å². The van der Waals surface area contributed by atoms with Crippen LogP contribution >= 0.6 is 0 Å². The van der Waals surface area contributed by atoms with E-state index >= 15 is 0 Å². The number of aryl methyl sites for hydroxylation is 1. The highest BCUT2D eigenvalue weighted by atomic mass is 16.6. The molecule has 246 valence electrons. The minimum atomic E-state index is -0.670. The van der Waals surface area contributed by atoms with Crippen molar-refractivity contribution < 1.29 is 28.7 Å². The Labute approximate surface area is 266 Å². The zero-order valence-electron chi connectivity index (χ0n) is 27.6. The van der Waals surface area contributed by atoms with Gasteiger partial charge in [0.05, 0.1) is 24.4 Å². The van der Waals surface area contributed by atoms with Crippen molar-refractivity contribution >= 4 is 29.7 Å². The minimum Gasteiger partial charge on any atom is -0.466 e. The maximum Gasteiger partial charge on any atom is 0.407 e. The maximum atomic E-state index is 13.6. The summed E-state index contributed by atoms with van der Waals surface area (Å²) >= 11 is 0. The van der Waals surface area contributed by atoms with Gasteiger partial charge in [-0.3, -0.25) is 14.6 Å². The Morgan fingerprint density at radius 2 is 1.80 bits per heavy atom. The zero-order valence-corrected chi connectivity index (χ0v) is 27.6. The predicted octanol–water partition coefficient (Wildman–Crippen LogP) is 4.37. The van der Waals surface area contributed by atoms with Crippen LogP contribution in [-0.2, 0) is 38.6 Å². The van der Waals surface area contributed by atoms with E-state index in [1.807, 2.05) is 31.2 Å². The number of aromatic nitrogens is 1. The van der Waals surface area contributed by atoms with E-state index in [2.05, 4.69) is 24.5 Å². The summed E-state index contributed by atoms with van der Waals surface area (Å²) in [7, 11) is 0. The molecule has 0 aliphatic carbocycles. The van der Waals surface area contributed by atoms with Gasteiger partial charge < -0.3 is 35.6 Å². The van der Waals surface area contributed by atoms with Crippen molar-refractivity contribution in [1.82, 2.24) is 20.1 Å². The summed E-state index contributed by atoms with van der Waals surface area (Å²) in [6, 6.07) is 7.29. The number of hydrogen-bond acceptors (Lipinski definition) is 8. The highest BCUT2D eigenvalue weighted by Gasteiger charge is 2.29. The normalized spacial score (nSPS) is 13.6. The number of alkyl carbamates (subject to hydrolysis) is 1. The number of carbonyl (C=O) groups excluding carboxylic acids is 4. The first-order chi connectivity index (χ1) is 21.2. The van der Waals surface area contributed by atoms with Crippen molar-refractivity contribution in [2.45, 2.75) is 80.0 Å². The largest absolute Gasteiger partial charge is 0.466 e. The Bertz CT molecular complexity index is 1370. The zero-order chi connectivity index (χ0) is 33.3. The third-order valence-electron chi connectivity index (χ3n) is 7.18. The smallest absolute Gasteiger partial charge is 0.407 e. The van der Waals surface area contributed by atoms with Gasteiger partial charge in [0.15, 0.2) is 0 Å². The first-order valence-electron chi connectivity index (χ1n) is 15.5. The van der Waals surface area contributed by atoms with Gasteiger partial charge in [-0.2, -0.15) is 0 Å². The van der Waals surface area contributed by atoms with Gasteiger partial charge in [-0.15, -0.1) is 0 Å². The number of rotatable bonds is 11. The summed E-state index contributed by atoms with van der Waals surface area (Å²) in [5.41, 5.74) is 10.4. The van der Waals surface area contributed by atoms with Crippen molar-refractivity contribution in [3.8, 4) is 11.1 Å². The number of nitrogens with zero attached hydrogens (tertiary/aromatic N) is 3. The van der Waals surface area contributed by atoms with E-state index in [1.165, 1.54) is 4.90 Å². The number of carbonyl (C=O) groups is 4. The average molecular weight is 625 g/mol. The van der Waals surface area contributed by atoms with Gasteiger partial charge in [0.25, 0.3) is 0 Å². The lowest BCUT2D eigenvalue weighted by Gasteiger charge is -2.34. The highest BCUT2D eigenvalue weighted by Crippen LogP contribution is 2.37. The topological polar surface area (TPSA) is 156 Å².